The first-order chi connectivity index (χ1) is 11.8. The zero-order valence-electron chi connectivity index (χ0n) is 13.6. The number of tetrazole rings is 1. The van der Waals surface area contributed by atoms with Crippen LogP contribution in [0.15, 0.2) is 30.6 Å². The molecule has 0 aliphatic heterocycles. The molecule has 2 aliphatic rings. The minimum atomic E-state index is 0.0664. The van der Waals surface area contributed by atoms with E-state index in [-0.39, 0.29) is 11.9 Å². The van der Waals surface area contributed by atoms with E-state index < -0.39 is 0 Å². The third kappa shape index (κ3) is 3.31. The standard InChI is InChI=1S/C17H22N6O/c24-17(7-8-23-11-18-21-22-23)20-16-6-5-15(16)19-14-9-12-3-1-2-4-13(12)10-14/h1-4,11,14-16,19H,5-10H2,(H,20,24)/t15-,16+/m0/s1. The van der Waals surface area contributed by atoms with Crippen LogP contribution in [0.3, 0.4) is 0 Å². The van der Waals surface area contributed by atoms with Gasteiger partial charge in [-0.1, -0.05) is 24.3 Å². The highest BCUT2D eigenvalue weighted by molar-refractivity contribution is 5.76. The average molecular weight is 326 g/mol. The molecule has 1 fully saturated rings. The first kappa shape index (κ1) is 15.3. The van der Waals surface area contributed by atoms with E-state index in [1.807, 2.05) is 0 Å². The van der Waals surface area contributed by atoms with E-state index in [1.54, 1.807) is 4.68 Å². The Morgan fingerprint density at radius 3 is 2.54 bits per heavy atom. The Bertz CT molecular complexity index is 676. The van der Waals surface area contributed by atoms with Crippen molar-refractivity contribution in [3.05, 3.63) is 41.7 Å². The Labute approximate surface area is 140 Å². The summed E-state index contributed by atoms with van der Waals surface area (Å²) in [4.78, 5) is 12.1. The van der Waals surface area contributed by atoms with Crippen LogP contribution in [0, 0.1) is 0 Å². The van der Waals surface area contributed by atoms with Gasteiger partial charge >= 0.3 is 0 Å². The summed E-state index contributed by atoms with van der Waals surface area (Å²) in [5.41, 5.74) is 2.91. The van der Waals surface area contributed by atoms with Crippen LogP contribution in [0.2, 0.25) is 0 Å². The quantitative estimate of drug-likeness (QED) is 0.806. The number of rotatable bonds is 6. The van der Waals surface area contributed by atoms with Gasteiger partial charge in [-0.15, -0.1) is 5.10 Å². The molecule has 0 saturated heterocycles. The predicted molar refractivity (Wildman–Crippen MR) is 88.2 cm³/mol. The van der Waals surface area contributed by atoms with Gasteiger partial charge in [0.1, 0.15) is 6.33 Å². The number of carbonyl (C=O) groups excluding carboxylic acids is 1. The second-order valence-electron chi connectivity index (χ2n) is 6.72. The highest BCUT2D eigenvalue weighted by Gasteiger charge is 2.34. The molecule has 2 atom stereocenters. The Balaban J connectivity index is 1.23. The minimum Gasteiger partial charge on any atom is -0.352 e. The van der Waals surface area contributed by atoms with Crippen LogP contribution < -0.4 is 10.6 Å². The van der Waals surface area contributed by atoms with Crippen molar-refractivity contribution >= 4 is 5.91 Å². The van der Waals surface area contributed by atoms with E-state index in [0.717, 1.165) is 25.7 Å². The largest absolute Gasteiger partial charge is 0.352 e. The number of aryl methyl sites for hydroxylation is 1. The second kappa shape index (κ2) is 6.68. The van der Waals surface area contributed by atoms with Crippen molar-refractivity contribution in [1.29, 1.82) is 0 Å². The maximum absolute atomic E-state index is 12.1. The van der Waals surface area contributed by atoms with Crippen LogP contribution in [-0.4, -0.2) is 44.2 Å². The fourth-order valence-corrected chi connectivity index (χ4v) is 3.63. The fraction of sp³-hybridized carbons (Fsp3) is 0.529. The molecule has 7 nitrogen and oxygen atoms in total. The lowest BCUT2D eigenvalue weighted by atomic mass is 9.85. The Morgan fingerprint density at radius 2 is 1.92 bits per heavy atom. The molecule has 1 aromatic heterocycles. The molecular weight excluding hydrogens is 304 g/mol. The number of benzene rings is 1. The van der Waals surface area contributed by atoms with Crippen LogP contribution in [0.4, 0.5) is 0 Å². The SMILES string of the molecule is O=C(CCn1cnnn1)N[C@@H]1CC[C@@H]1NC1Cc2ccccc2C1. The van der Waals surface area contributed by atoms with E-state index in [2.05, 4.69) is 50.4 Å². The summed E-state index contributed by atoms with van der Waals surface area (Å²) in [7, 11) is 0. The third-order valence-electron chi connectivity index (χ3n) is 5.08. The molecule has 1 heterocycles. The van der Waals surface area contributed by atoms with Crippen LogP contribution in [-0.2, 0) is 24.2 Å². The van der Waals surface area contributed by atoms with Crippen LogP contribution in [0.1, 0.15) is 30.4 Å². The smallest absolute Gasteiger partial charge is 0.222 e. The maximum atomic E-state index is 12.1. The van der Waals surface area contributed by atoms with Gasteiger partial charge in [-0.3, -0.25) is 4.79 Å². The first-order valence-corrected chi connectivity index (χ1v) is 8.61. The molecule has 126 valence electrons. The summed E-state index contributed by atoms with van der Waals surface area (Å²) in [6.07, 6.45) is 6.29. The first-order valence-electron chi connectivity index (χ1n) is 8.61. The number of aromatic nitrogens is 4. The summed E-state index contributed by atoms with van der Waals surface area (Å²) in [5.74, 6) is 0.0664. The van der Waals surface area contributed by atoms with Gasteiger partial charge < -0.3 is 10.6 Å². The summed E-state index contributed by atoms with van der Waals surface area (Å²) in [5, 5.41) is 17.8. The lowest BCUT2D eigenvalue weighted by molar-refractivity contribution is -0.122. The molecule has 1 amide bonds. The van der Waals surface area contributed by atoms with Gasteiger partial charge in [-0.2, -0.15) is 0 Å². The van der Waals surface area contributed by atoms with Crippen molar-refractivity contribution in [2.24, 2.45) is 0 Å². The number of nitrogens with one attached hydrogen (secondary N) is 2. The molecule has 24 heavy (non-hydrogen) atoms. The van der Waals surface area contributed by atoms with Gasteiger partial charge in [0, 0.05) is 24.5 Å². The molecule has 2 N–H and O–H groups in total. The zero-order valence-corrected chi connectivity index (χ0v) is 13.6. The van der Waals surface area contributed by atoms with E-state index >= 15 is 0 Å². The molecule has 2 aromatic rings. The monoisotopic (exact) mass is 326 g/mol. The van der Waals surface area contributed by atoms with Crippen LogP contribution in [0.5, 0.6) is 0 Å². The van der Waals surface area contributed by atoms with E-state index in [9.17, 15) is 4.79 Å². The Morgan fingerprint density at radius 1 is 1.17 bits per heavy atom. The Kier molecular flexibility index (Phi) is 4.25. The Hall–Kier alpha value is -2.28. The number of amides is 1. The summed E-state index contributed by atoms with van der Waals surface area (Å²) >= 11 is 0. The number of carbonyl (C=O) groups is 1. The predicted octanol–water partition coefficient (Wildman–Crippen LogP) is 0.467. The molecule has 0 radical (unpaired) electrons. The number of hydrogen-bond acceptors (Lipinski definition) is 5. The number of hydrogen-bond donors (Lipinski definition) is 2. The second-order valence-corrected chi connectivity index (χ2v) is 6.72. The summed E-state index contributed by atoms with van der Waals surface area (Å²) in [6, 6.07) is 9.78. The van der Waals surface area contributed by atoms with Crippen molar-refractivity contribution in [2.75, 3.05) is 0 Å². The van der Waals surface area contributed by atoms with Gasteiger partial charge in [0.25, 0.3) is 0 Å². The van der Waals surface area contributed by atoms with Gasteiger partial charge in [-0.25, -0.2) is 4.68 Å². The number of fused-ring (bicyclic) bond motifs is 1. The lowest BCUT2D eigenvalue weighted by Crippen LogP contribution is -2.59. The lowest BCUT2D eigenvalue weighted by Gasteiger charge is -2.39. The van der Waals surface area contributed by atoms with Gasteiger partial charge in [-0.05, 0) is 47.2 Å². The molecule has 0 bridgehead atoms. The highest BCUT2D eigenvalue weighted by atomic mass is 16.1. The molecular formula is C17H22N6O. The van der Waals surface area contributed by atoms with Crippen molar-refractivity contribution < 1.29 is 4.79 Å². The van der Waals surface area contributed by atoms with Gasteiger partial charge in [0.05, 0.1) is 6.54 Å². The molecule has 0 unspecified atom stereocenters. The topological polar surface area (TPSA) is 84.7 Å². The van der Waals surface area contributed by atoms with Gasteiger partial charge in [0.15, 0.2) is 0 Å². The molecule has 0 spiro atoms. The van der Waals surface area contributed by atoms with Crippen molar-refractivity contribution in [2.45, 2.75) is 56.8 Å². The molecule has 4 rings (SSSR count). The molecule has 1 saturated carbocycles. The van der Waals surface area contributed by atoms with Crippen LogP contribution >= 0.6 is 0 Å². The van der Waals surface area contributed by atoms with Gasteiger partial charge in [0.2, 0.25) is 5.91 Å². The van der Waals surface area contributed by atoms with E-state index in [1.165, 1.54) is 17.5 Å². The molecule has 1 aromatic carbocycles. The zero-order chi connectivity index (χ0) is 16.4. The van der Waals surface area contributed by atoms with E-state index in [4.69, 9.17) is 0 Å². The summed E-state index contributed by atoms with van der Waals surface area (Å²) < 4.78 is 1.58. The number of nitrogens with zero attached hydrogens (tertiary/aromatic N) is 4. The van der Waals surface area contributed by atoms with Crippen molar-refractivity contribution in [1.82, 2.24) is 30.8 Å². The van der Waals surface area contributed by atoms with E-state index in [0.29, 0.717) is 25.0 Å². The fourth-order valence-electron chi connectivity index (χ4n) is 3.63. The third-order valence-corrected chi connectivity index (χ3v) is 5.08. The normalized spacial score (nSPS) is 22.8. The van der Waals surface area contributed by atoms with Crippen molar-refractivity contribution in [3.63, 3.8) is 0 Å². The van der Waals surface area contributed by atoms with Crippen LogP contribution in [0.25, 0.3) is 0 Å². The highest BCUT2D eigenvalue weighted by Crippen LogP contribution is 2.26. The van der Waals surface area contributed by atoms with Crippen molar-refractivity contribution in [3.8, 4) is 0 Å². The maximum Gasteiger partial charge on any atom is 0.222 e. The minimum absolute atomic E-state index is 0.0664. The molecule has 7 heteroatoms. The summed E-state index contributed by atoms with van der Waals surface area (Å²) in [6.45, 7) is 0.515. The molecule has 2 aliphatic carbocycles. The average Bonchev–Trinajstić information content (AvgIpc) is 3.23.